The largest absolute Gasteiger partial charge is 0.368 e. The fourth-order valence-electron chi connectivity index (χ4n) is 2.91. The number of amides is 1. The third-order valence-electron chi connectivity index (χ3n) is 4.37. The molecule has 0 unspecified atom stereocenters. The zero-order valence-electron chi connectivity index (χ0n) is 13.8. The maximum atomic E-state index is 13.8. The SMILES string of the molecule is CC(=O)c1ccc(N2CCN(C(=O)c3ccc(F)cc3F)CC2)cc1. The molecule has 4 nitrogen and oxygen atoms in total. The minimum atomic E-state index is -0.841. The minimum Gasteiger partial charge on any atom is -0.368 e. The minimum absolute atomic E-state index is 0.0169. The lowest BCUT2D eigenvalue weighted by molar-refractivity contribution is 0.0741. The van der Waals surface area contributed by atoms with E-state index in [9.17, 15) is 18.4 Å². The number of ketones is 1. The second-order valence-electron chi connectivity index (χ2n) is 6.01. The van der Waals surface area contributed by atoms with Crippen molar-refractivity contribution >= 4 is 17.4 Å². The molecule has 0 radical (unpaired) electrons. The van der Waals surface area contributed by atoms with Crippen molar-refractivity contribution < 1.29 is 18.4 Å². The fourth-order valence-corrected chi connectivity index (χ4v) is 2.91. The van der Waals surface area contributed by atoms with Crippen LogP contribution in [0.5, 0.6) is 0 Å². The van der Waals surface area contributed by atoms with Crippen molar-refractivity contribution in [3.05, 3.63) is 65.2 Å². The van der Waals surface area contributed by atoms with E-state index in [1.807, 2.05) is 12.1 Å². The third kappa shape index (κ3) is 3.68. The first-order chi connectivity index (χ1) is 12.0. The van der Waals surface area contributed by atoms with Crippen molar-refractivity contribution in [1.29, 1.82) is 0 Å². The number of hydrogen-bond acceptors (Lipinski definition) is 3. The van der Waals surface area contributed by atoms with Gasteiger partial charge in [-0.3, -0.25) is 9.59 Å². The highest BCUT2D eigenvalue weighted by molar-refractivity contribution is 5.95. The first-order valence-corrected chi connectivity index (χ1v) is 8.06. The molecule has 1 saturated heterocycles. The van der Waals surface area contributed by atoms with Crippen molar-refractivity contribution in [2.24, 2.45) is 0 Å². The molecule has 130 valence electrons. The molecule has 25 heavy (non-hydrogen) atoms. The van der Waals surface area contributed by atoms with Crippen LogP contribution in [-0.2, 0) is 0 Å². The second-order valence-corrected chi connectivity index (χ2v) is 6.01. The summed E-state index contributed by atoms with van der Waals surface area (Å²) < 4.78 is 26.8. The topological polar surface area (TPSA) is 40.6 Å². The molecule has 1 heterocycles. The Kier molecular flexibility index (Phi) is 4.79. The quantitative estimate of drug-likeness (QED) is 0.803. The van der Waals surface area contributed by atoms with Gasteiger partial charge >= 0.3 is 0 Å². The molecule has 0 spiro atoms. The Labute approximate surface area is 144 Å². The van der Waals surface area contributed by atoms with Gasteiger partial charge < -0.3 is 9.80 Å². The summed E-state index contributed by atoms with van der Waals surface area (Å²) in [6.45, 7) is 3.63. The van der Waals surface area contributed by atoms with Gasteiger partial charge in [0.1, 0.15) is 11.6 Å². The Balaban J connectivity index is 1.65. The van der Waals surface area contributed by atoms with E-state index in [-0.39, 0.29) is 11.3 Å². The smallest absolute Gasteiger partial charge is 0.256 e. The maximum absolute atomic E-state index is 13.8. The number of piperazine rings is 1. The zero-order chi connectivity index (χ0) is 18.0. The molecule has 2 aromatic carbocycles. The number of nitrogens with zero attached hydrogens (tertiary/aromatic N) is 2. The predicted molar refractivity (Wildman–Crippen MR) is 90.9 cm³/mol. The lowest BCUT2D eigenvalue weighted by atomic mass is 10.1. The number of carbonyl (C=O) groups excluding carboxylic acids is 2. The summed E-state index contributed by atoms with van der Waals surface area (Å²) in [5, 5.41) is 0. The Bertz CT molecular complexity index is 798. The number of rotatable bonds is 3. The average Bonchev–Trinajstić information content (AvgIpc) is 2.61. The molecule has 1 fully saturated rings. The van der Waals surface area contributed by atoms with Crippen LogP contribution in [0.3, 0.4) is 0 Å². The molecule has 0 bridgehead atoms. The van der Waals surface area contributed by atoms with E-state index >= 15 is 0 Å². The molecule has 0 aromatic heterocycles. The zero-order valence-corrected chi connectivity index (χ0v) is 13.8. The Morgan fingerprint density at radius 1 is 0.920 bits per heavy atom. The lowest BCUT2D eigenvalue weighted by Crippen LogP contribution is -2.49. The van der Waals surface area contributed by atoms with E-state index in [1.165, 1.54) is 13.0 Å². The van der Waals surface area contributed by atoms with Crippen LogP contribution in [0.2, 0.25) is 0 Å². The lowest BCUT2D eigenvalue weighted by Gasteiger charge is -2.36. The molecule has 1 amide bonds. The number of benzene rings is 2. The van der Waals surface area contributed by atoms with Gasteiger partial charge in [-0.1, -0.05) is 0 Å². The van der Waals surface area contributed by atoms with Crippen LogP contribution >= 0.6 is 0 Å². The molecule has 2 aromatic rings. The van der Waals surface area contributed by atoms with Gasteiger partial charge in [-0.05, 0) is 43.3 Å². The van der Waals surface area contributed by atoms with Crippen LogP contribution < -0.4 is 4.90 Å². The van der Waals surface area contributed by atoms with E-state index in [4.69, 9.17) is 0 Å². The standard InChI is InChI=1S/C19H18F2N2O2/c1-13(24)14-2-5-16(6-3-14)22-8-10-23(11-9-22)19(25)17-7-4-15(20)12-18(17)21/h2-7,12H,8-11H2,1H3. The van der Waals surface area contributed by atoms with Gasteiger partial charge in [0.05, 0.1) is 5.56 Å². The van der Waals surface area contributed by atoms with Crippen molar-refractivity contribution in [1.82, 2.24) is 4.90 Å². The molecule has 3 rings (SSSR count). The normalized spacial score (nSPS) is 14.5. The monoisotopic (exact) mass is 344 g/mol. The first-order valence-electron chi connectivity index (χ1n) is 8.06. The van der Waals surface area contributed by atoms with Crippen molar-refractivity contribution in [3.8, 4) is 0 Å². The molecule has 0 aliphatic carbocycles. The van der Waals surface area contributed by atoms with E-state index < -0.39 is 17.5 Å². The summed E-state index contributed by atoms with van der Waals surface area (Å²) in [5.41, 5.74) is 1.52. The van der Waals surface area contributed by atoms with Crippen LogP contribution in [0.4, 0.5) is 14.5 Å². The first kappa shape index (κ1) is 17.1. The van der Waals surface area contributed by atoms with E-state index in [1.54, 1.807) is 17.0 Å². The average molecular weight is 344 g/mol. The summed E-state index contributed by atoms with van der Waals surface area (Å²) in [4.78, 5) is 27.4. The van der Waals surface area contributed by atoms with Crippen LogP contribution in [-0.4, -0.2) is 42.8 Å². The van der Waals surface area contributed by atoms with E-state index in [2.05, 4.69) is 4.90 Å². The van der Waals surface area contributed by atoms with Crippen LogP contribution in [0.15, 0.2) is 42.5 Å². The number of anilines is 1. The maximum Gasteiger partial charge on any atom is 0.256 e. The number of Topliss-reactive ketones (excluding diaryl/α,β-unsaturated/α-hetero) is 1. The highest BCUT2D eigenvalue weighted by Gasteiger charge is 2.24. The van der Waals surface area contributed by atoms with Gasteiger partial charge in [0, 0.05) is 43.5 Å². The van der Waals surface area contributed by atoms with Crippen molar-refractivity contribution in [3.63, 3.8) is 0 Å². The molecule has 1 aliphatic heterocycles. The Morgan fingerprint density at radius 2 is 1.56 bits per heavy atom. The molecule has 0 N–H and O–H groups in total. The highest BCUT2D eigenvalue weighted by atomic mass is 19.1. The van der Waals surface area contributed by atoms with Gasteiger partial charge in [-0.15, -0.1) is 0 Å². The van der Waals surface area contributed by atoms with Crippen LogP contribution in [0, 0.1) is 11.6 Å². The molecule has 1 aliphatic rings. The number of carbonyl (C=O) groups is 2. The summed E-state index contributed by atoms with van der Waals surface area (Å²) in [7, 11) is 0. The summed E-state index contributed by atoms with van der Waals surface area (Å²) >= 11 is 0. The Morgan fingerprint density at radius 3 is 2.12 bits per heavy atom. The molecule has 0 saturated carbocycles. The van der Waals surface area contributed by atoms with E-state index in [0.29, 0.717) is 31.7 Å². The Hall–Kier alpha value is -2.76. The molecule has 0 atom stereocenters. The van der Waals surface area contributed by atoms with Gasteiger partial charge in [0.2, 0.25) is 0 Å². The summed E-state index contributed by atoms with van der Waals surface area (Å²) in [5.74, 6) is -1.95. The van der Waals surface area contributed by atoms with Gasteiger partial charge in [-0.25, -0.2) is 8.78 Å². The number of hydrogen-bond donors (Lipinski definition) is 0. The van der Waals surface area contributed by atoms with Crippen molar-refractivity contribution in [2.75, 3.05) is 31.1 Å². The van der Waals surface area contributed by atoms with Gasteiger partial charge in [0.25, 0.3) is 5.91 Å². The van der Waals surface area contributed by atoms with Gasteiger partial charge in [-0.2, -0.15) is 0 Å². The predicted octanol–water partition coefficient (Wildman–Crippen LogP) is 3.13. The molecular formula is C19H18F2N2O2. The number of halogens is 2. The van der Waals surface area contributed by atoms with Crippen molar-refractivity contribution in [2.45, 2.75) is 6.92 Å². The van der Waals surface area contributed by atoms with Crippen LogP contribution in [0.1, 0.15) is 27.6 Å². The third-order valence-corrected chi connectivity index (χ3v) is 4.37. The summed E-state index contributed by atoms with van der Waals surface area (Å²) in [6, 6.07) is 10.3. The molecular weight excluding hydrogens is 326 g/mol. The fraction of sp³-hybridized carbons (Fsp3) is 0.263. The molecule has 6 heteroatoms. The van der Waals surface area contributed by atoms with Crippen LogP contribution in [0.25, 0.3) is 0 Å². The summed E-state index contributed by atoms with van der Waals surface area (Å²) in [6.07, 6.45) is 0. The van der Waals surface area contributed by atoms with E-state index in [0.717, 1.165) is 17.8 Å². The van der Waals surface area contributed by atoms with Gasteiger partial charge in [0.15, 0.2) is 5.78 Å². The second kappa shape index (κ2) is 7.01. The highest BCUT2D eigenvalue weighted by Crippen LogP contribution is 2.19.